The third-order valence-corrected chi connectivity index (χ3v) is 4.32. The molecule has 1 fully saturated rings. The fraction of sp³-hybridized carbons (Fsp3) is 0.462. The summed E-state index contributed by atoms with van der Waals surface area (Å²) >= 11 is 1.48. The molecule has 3 heterocycles. The molecule has 1 aliphatic heterocycles. The first-order valence-corrected chi connectivity index (χ1v) is 7.51. The standard InChI is InChI=1S/C13H16N4O3S/c1-15(2)13(19)20-9-3-4-16(6-9)12(18)10-7-21-11-5-14-8-17(10)11/h5,7-9H,3-4,6H2,1-2H3. The first-order chi connectivity index (χ1) is 10.1. The fourth-order valence-electron chi connectivity index (χ4n) is 2.30. The normalized spacial score (nSPS) is 18.2. The molecule has 2 aromatic heterocycles. The van der Waals surface area contributed by atoms with Crippen LogP contribution in [0.2, 0.25) is 0 Å². The van der Waals surface area contributed by atoms with Gasteiger partial charge in [0.1, 0.15) is 23.0 Å². The van der Waals surface area contributed by atoms with Gasteiger partial charge in [0.25, 0.3) is 5.91 Å². The van der Waals surface area contributed by atoms with Crippen molar-refractivity contribution in [3.63, 3.8) is 0 Å². The van der Waals surface area contributed by atoms with Crippen LogP contribution in [0.25, 0.3) is 4.83 Å². The van der Waals surface area contributed by atoms with Crippen LogP contribution < -0.4 is 0 Å². The average Bonchev–Trinajstić information content (AvgIpc) is 3.13. The average molecular weight is 308 g/mol. The summed E-state index contributed by atoms with van der Waals surface area (Å²) in [7, 11) is 3.28. The summed E-state index contributed by atoms with van der Waals surface area (Å²) in [6.07, 6.45) is 3.43. The monoisotopic (exact) mass is 308 g/mol. The van der Waals surface area contributed by atoms with Gasteiger partial charge in [-0.1, -0.05) is 0 Å². The Morgan fingerprint density at radius 1 is 1.48 bits per heavy atom. The number of amides is 2. The Kier molecular flexibility index (Phi) is 3.54. The van der Waals surface area contributed by atoms with E-state index in [9.17, 15) is 9.59 Å². The summed E-state index contributed by atoms with van der Waals surface area (Å²) in [4.78, 5) is 32.1. The molecular formula is C13H16N4O3S. The zero-order valence-corrected chi connectivity index (χ0v) is 12.7. The number of nitrogens with zero attached hydrogens (tertiary/aromatic N) is 4. The summed E-state index contributed by atoms with van der Waals surface area (Å²) in [6.45, 7) is 1.03. The van der Waals surface area contributed by atoms with Gasteiger partial charge in [-0.2, -0.15) is 0 Å². The number of thiazole rings is 1. The minimum atomic E-state index is -0.373. The Hall–Kier alpha value is -2.09. The maximum atomic E-state index is 12.5. The molecule has 0 saturated carbocycles. The first kappa shape index (κ1) is 13.9. The molecule has 7 nitrogen and oxygen atoms in total. The highest BCUT2D eigenvalue weighted by atomic mass is 32.1. The molecule has 1 saturated heterocycles. The van der Waals surface area contributed by atoms with Crippen LogP contribution in [0.3, 0.4) is 0 Å². The molecule has 2 aromatic rings. The van der Waals surface area contributed by atoms with Gasteiger partial charge in [-0.05, 0) is 0 Å². The minimum Gasteiger partial charge on any atom is -0.444 e. The number of carbonyl (C=O) groups excluding carboxylic acids is 2. The molecule has 2 amide bonds. The lowest BCUT2D eigenvalue weighted by molar-refractivity contribution is 0.0661. The van der Waals surface area contributed by atoms with Crippen LogP contribution in [0, 0.1) is 0 Å². The quantitative estimate of drug-likeness (QED) is 0.839. The van der Waals surface area contributed by atoms with Gasteiger partial charge in [-0.15, -0.1) is 11.3 Å². The number of rotatable bonds is 2. The molecule has 0 bridgehead atoms. The van der Waals surface area contributed by atoms with Gasteiger partial charge in [0, 0.05) is 32.4 Å². The zero-order chi connectivity index (χ0) is 15.0. The van der Waals surface area contributed by atoms with Gasteiger partial charge in [-0.3, -0.25) is 9.20 Å². The third-order valence-electron chi connectivity index (χ3n) is 3.44. The van der Waals surface area contributed by atoms with Crippen molar-refractivity contribution in [3.8, 4) is 0 Å². The topological polar surface area (TPSA) is 67.2 Å². The first-order valence-electron chi connectivity index (χ1n) is 6.63. The molecule has 0 aliphatic carbocycles. The molecule has 0 spiro atoms. The van der Waals surface area contributed by atoms with Gasteiger partial charge in [0.15, 0.2) is 0 Å². The van der Waals surface area contributed by atoms with Crippen molar-refractivity contribution >= 4 is 28.2 Å². The highest BCUT2D eigenvalue weighted by Crippen LogP contribution is 2.21. The van der Waals surface area contributed by atoms with Crippen molar-refractivity contribution in [3.05, 3.63) is 23.6 Å². The highest BCUT2D eigenvalue weighted by Gasteiger charge is 2.31. The van der Waals surface area contributed by atoms with E-state index in [1.807, 2.05) is 5.38 Å². The predicted octanol–water partition coefficient (Wildman–Crippen LogP) is 1.31. The molecule has 21 heavy (non-hydrogen) atoms. The van der Waals surface area contributed by atoms with Crippen LogP contribution in [-0.2, 0) is 4.74 Å². The lowest BCUT2D eigenvalue weighted by Crippen LogP contribution is -2.33. The Morgan fingerprint density at radius 2 is 2.29 bits per heavy atom. The highest BCUT2D eigenvalue weighted by molar-refractivity contribution is 7.15. The molecule has 8 heteroatoms. The summed E-state index contributed by atoms with van der Waals surface area (Å²) in [5, 5.41) is 1.83. The van der Waals surface area contributed by atoms with Crippen LogP contribution >= 0.6 is 11.3 Å². The smallest absolute Gasteiger partial charge is 0.409 e. The van der Waals surface area contributed by atoms with Crippen LogP contribution in [0.4, 0.5) is 4.79 Å². The maximum Gasteiger partial charge on any atom is 0.409 e. The third kappa shape index (κ3) is 2.58. The van der Waals surface area contributed by atoms with E-state index in [2.05, 4.69) is 4.98 Å². The fourth-order valence-corrected chi connectivity index (χ4v) is 3.12. The van der Waals surface area contributed by atoms with E-state index in [0.29, 0.717) is 25.2 Å². The van der Waals surface area contributed by atoms with E-state index in [-0.39, 0.29) is 18.1 Å². The second-order valence-corrected chi connectivity index (χ2v) is 6.05. The van der Waals surface area contributed by atoms with Crippen LogP contribution in [0.15, 0.2) is 17.9 Å². The molecule has 1 unspecified atom stereocenters. The van der Waals surface area contributed by atoms with E-state index >= 15 is 0 Å². The second kappa shape index (κ2) is 5.36. The van der Waals surface area contributed by atoms with E-state index in [4.69, 9.17) is 4.74 Å². The summed E-state index contributed by atoms with van der Waals surface area (Å²) in [6, 6.07) is 0. The number of fused-ring (bicyclic) bond motifs is 1. The Labute approximate surface area is 125 Å². The van der Waals surface area contributed by atoms with Crippen molar-refractivity contribution in [1.29, 1.82) is 0 Å². The van der Waals surface area contributed by atoms with Crippen molar-refractivity contribution < 1.29 is 14.3 Å². The van der Waals surface area contributed by atoms with Crippen molar-refractivity contribution in [2.24, 2.45) is 0 Å². The molecule has 112 valence electrons. The number of hydrogen-bond acceptors (Lipinski definition) is 5. The summed E-state index contributed by atoms with van der Waals surface area (Å²) in [5.41, 5.74) is 0.604. The Bertz CT molecular complexity index is 678. The lowest BCUT2D eigenvalue weighted by Gasteiger charge is -2.18. The number of carbonyl (C=O) groups is 2. The van der Waals surface area contributed by atoms with E-state index < -0.39 is 0 Å². The van der Waals surface area contributed by atoms with Crippen LogP contribution in [0.1, 0.15) is 16.9 Å². The molecular weight excluding hydrogens is 292 g/mol. The molecule has 1 aliphatic rings. The largest absolute Gasteiger partial charge is 0.444 e. The molecule has 0 aromatic carbocycles. The number of aromatic nitrogens is 2. The maximum absolute atomic E-state index is 12.5. The van der Waals surface area contributed by atoms with Gasteiger partial charge >= 0.3 is 6.09 Å². The number of likely N-dealkylation sites (tertiary alicyclic amines) is 1. The van der Waals surface area contributed by atoms with Crippen molar-refractivity contribution in [2.75, 3.05) is 27.2 Å². The summed E-state index contributed by atoms with van der Waals surface area (Å²) in [5.74, 6) is -0.0531. The molecule has 3 rings (SSSR count). The van der Waals surface area contributed by atoms with Gasteiger partial charge in [0.05, 0.1) is 12.7 Å². The molecule has 1 atom stereocenters. The van der Waals surface area contributed by atoms with E-state index in [0.717, 1.165) is 4.83 Å². The van der Waals surface area contributed by atoms with Crippen LogP contribution in [-0.4, -0.2) is 64.5 Å². The Morgan fingerprint density at radius 3 is 3.05 bits per heavy atom. The number of ether oxygens (including phenoxy) is 1. The van der Waals surface area contributed by atoms with Crippen LogP contribution in [0.5, 0.6) is 0 Å². The van der Waals surface area contributed by atoms with Gasteiger partial charge in [-0.25, -0.2) is 9.78 Å². The lowest BCUT2D eigenvalue weighted by atomic mass is 10.3. The minimum absolute atomic E-state index is 0.0531. The van der Waals surface area contributed by atoms with E-state index in [1.54, 1.807) is 35.9 Å². The molecule has 0 N–H and O–H groups in total. The van der Waals surface area contributed by atoms with Gasteiger partial charge in [0.2, 0.25) is 0 Å². The predicted molar refractivity (Wildman–Crippen MR) is 77.5 cm³/mol. The molecule has 0 radical (unpaired) electrons. The second-order valence-electron chi connectivity index (χ2n) is 5.16. The zero-order valence-electron chi connectivity index (χ0n) is 11.9. The SMILES string of the molecule is CN(C)C(=O)OC1CCN(C(=O)c2csc3cncn23)C1. The number of hydrogen-bond donors (Lipinski definition) is 0. The van der Waals surface area contributed by atoms with E-state index in [1.165, 1.54) is 16.2 Å². The summed E-state index contributed by atoms with van der Waals surface area (Å²) < 4.78 is 7.10. The van der Waals surface area contributed by atoms with Gasteiger partial charge < -0.3 is 14.5 Å². The Balaban J connectivity index is 1.67. The number of imidazole rings is 1. The van der Waals surface area contributed by atoms with Crippen molar-refractivity contribution in [2.45, 2.75) is 12.5 Å². The van der Waals surface area contributed by atoms with Crippen molar-refractivity contribution in [1.82, 2.24) is 19.2 Å².